The fourth-order valence-electron chi connectivity index (χ4n) is 1.42. The van der Waals surface area contributed by atoms with Crippen molar-refractivity contribution in [2.45, 2.75) is 19.4 Å². The molecule has 0 spiro atoms. The smallest absolute Gasteiger partial charge is 0.102 e. The van der Waals surface area contributed by atoms with E-state index < -0.39 is 5.54 Å². The van der Waals surface area contributed by atoms with Gasteiger partial charge in [0.15, 0.2) is 0 Å². The molecule has 0 aliphatic rings. The van der Waals surface area contributed by atoms with Gasteiger partial charge < -0.3 is 5.73 Å². The molecule has 2 N–H and O–H groups in total. The van der Waals surface area contributed by atoms with Crippen molar-refractivity contribution in [1.82, 2.24) is 15.0 Å². The Morgan fingerprint density at radius 1 is 1.17 bits per heavy atom. The average Bonchev–Trinajstić information content (AvgIpc) is 2.64. The summed E-state index contributed by atoms with van der Waals surface area (Å²) in [6, 6.07) is 3.91. The predicted octanol–water partition coefficient (Wildman–Crippen LogP) is 3.75. The molecule has 7 heteroatoms. The Labute approximate surface area is 130 Å². The highest BCUT2D eigenvalue weighted by molar-refractivity contribution is 9.11. The van der Waals surface area contributed by atoms with Crippen LogP contribution in [0.25, 0.3) is 5.69 Å². The highest BCUT2D eigenvalue weighted by atomic mass is 79.9. The average molecular weight is 439 g/mol. The van der Waals surface area contributed by atoms with Crippen molar-refractivity contribution in [3.63, 3.8) is 0 Å². The molecule has 2 rings (SSSR count). The second-order valence-corrected chi connectivity index (χ2v) is 7.11. The van der Waals surface area contributed by atoms with E-state index in [0.717, 1.165) is 24.8 Å². The zero-order valence-corrected chi connectivity index (χ0v) is 14.5. The number of nitrogens with zero attached hydrogens (tertiary/aromatic N) is 3. The van der Waals surface area contributed by atoms with E-state index in [1.165, 1.54) is 0 Å². The van der Waals surface area contributed by atoms with Gasteiger partial charge in [-0.2, -0.15) is 0 Å². The molecule has 4 nitrogen and oxygen atoms in total. The van der Waals surface area contributed by atoms with Crippen molar-refractivity contribution < 1.29 is 0 Å². The highest BCUT2D eigenvalue weighted by Crippen LogP contribution is 2.32. The molecule has 0 unspecified atom stereocenters. The summed E-state index contributed by atoms with van der Waals surface area (Å²) in [6.07, 6.45) is 1.83. The molecule has 2 aromatic rings. The third-order valence-electron chi connectivity index (χ3n) is 2.36. The van der Waals surface area contributed by atoms with Crippen LogP contribution in [-0.2, 0) is 5.54 Å². The summed E-state index contributed by atoms with van der Waals surface area (Å²) >= 11 is 10.5. The molecule has 0 radical (unpaired) electrons. The Bertz CT molecular complexity index is 563. The summed E-state index contributed by atoms with van der Waals surface area (Å²) in [5.41, 5.74) is 7.12. The molecule has 0 bridgehead atoms. The lowest BCUT2D eigenvalue weighted by molar-refractivity contribution is 0.533. The first-order chi connectivity index (χ1) is 8.29. The van der Waals surface area contributed by atoms with Gasteiger partial charge in [0.1, 0.15) is 5.69 Å². The van der Waals surface area contributed by atoms with E-state index in [2.05, 4.69) is 58.1 Å². The molecule has 96 valence electrons. The van der Waals surface area contributed by atoms with Crippen molar-refractivity contribution in [1.29, 1.82) is 0 Å². The zero-order chi connectivity index (χ0) is 13.5. The van der Waals surface area contributed by atoms with Gasteiger partial charge in [-0.25, -0.2) is 4.68 Å². The largest absolute Gasteiger partial charge is 0.320 e. The second-order valence-electron chi connectivity index (χ2n) is 4.49. The van der Waals surface area contributed by atoms with Crippen LogP contribution >= 0.6 is 47.8 Å². The Hall–Kier alpha value is -0.240. The fourth-order valence-corrected chi connectivity index (χ4v) is 4.04. The number of benzene rings is 1. The minimum atomic E-state index is -0.507. The second kappa shape index (κ2) is 5.03. The quantitative estimate of drug-likeness (QED) is 0.776. The maximum absolute atomic E-state index is 6.00. The molecular formula is C11H11Br3N4. The van der Waals surface area contributed by atoms with Crippen LogP contribution in [-0.4, -0.2) is 15.0 Å². The lowest BCUT2D eigenvalue weighted by atomic mass is 10.0. The van der Waals surface area contributed by atoms with E-state index in [4.69, 9.17) is 5.73 Å². The zero-order valence-electron chi connectivity index (χ0n) is 9.78. The summed E-state index contributed by atoms with van der Waals surface area (Å²) in [5.74, 6) is 0. The van der Waals surface area contributed by atoms with Gasteiger partial charge in [-0.3, -0.25) is 0 Å². The Balaban J connectivity index is 2.53. The van der Waals surface area contributed by atoms with E-state index >= 15 is 0 Å². The summed E-state index contributed by atoms with van der Waals surface area (Å²) in [4.78, 5) is 0. The number of nitrogens with two attached hydrogens (primary N) is 1. The first-order valence-corrected chi connectivity index (χ1v) is 7.53. The van der Waals surface area contributed by atoms with Crippen molar-refractivity contribution in [2.75, 3.05) is 0 Å². The van der Waals surface area contributed by atoms with Gasteiger partial charge in [0.05, 0.1) is 17.4 Å². The Morgan fingerprint density at radius 3 is 2.17 bits per heavy atom. The molecule has 18 heavy (non-hydrogen) atoms. The van der Waals surface area contributed by atoms with Crippen LogP contribution in [0.15, 0.2) is 31.7 Å². The third kappa shape index (κ3) is 2.84. The predicted molar refractivity (Wildman–Crippen MR) is 81.7 cm³/mol. The molecule has 0 saturated carbocycles. The van der Waals surface area contributed by atoms with E-state index in [0.29, 0.717) is 0 Å². The van der Waals surface area contributed by atoms with Gasteiger partial charge in [0.2, 0.25) is 0 Å². The van der Waals surface area contributed by atoms with Gasteiger partial charge in [0, 0.05) is 13.4 Å². The molecular weight excluding hydrogens is 428 g/mol. The van der Waals surface area contributed by atoms with Gasteiger partial charge in [-0.05, 0) is 57.8 Å². The molecule has 0 aliphatic carbocycles. The molecule has 1 heterocycles. The first kappa shape index (κ1) is 14.2. The van der Waals surface area contributed by atoms with Crippen molar-refractivity contribution in [3.05, 3.63) is 37.4 Å². The number of rotatable bonds is 2. The van der Waals surface area contributed by atoms with Crippen molar-refractivity contribution in [3.8, 4) is 5.69 Å². The molecule has 0 atom stereocenters. The lowest BCUT2D eigenvalue weighted by Crippen LogP contribution is -2.29. The molecule has 1 aromatic carbocycles. The van der Waals surface area contributed by atoms with Crippen LogP contribution < -0.4 is 5.73 Å². The van der Waals surface area contributed by atoms with Gasteiger partial charge >= 0.3 is 0 Å². The summed E-state index contributed by atoms with van der Waals surface area (Å²) in [6.45, 7) is 3.79. The third-order valence-corrected chi connectivity index (χ3v) is 4.03. The maximum atomic E-state index is 6.00. The number of hydrogen-bond acceptors (Lipinski definition) is 3. The van der Waals surface area contributed by atoms with Crippen molar-refractivity contribution in [2.24, 2.45) is 5.73 Å². The standard InChI is InChI=1S/C11H11Br3N4/c1-11(2,15)9-5-18(17-16-9)10-7(13)3-6(12)4-8(10)14/h3-5H,15H2,1-2H3. The maximum Gasteiger partial charge on any atom is 0.102 e. The van der Waals surface area contributed by atoms with Gasteiger partial charge in [-0.15, -0.1) is 5.10 Å². The number of halogens is 3. The summed E-state index contributed by atoms with van der Waals surface area (Å²) < 4.78 is 4.50. The lowest BCUT2D eigenvalue weighted by Gasteiger charge is -2.13. The minimum Gasteiger partial charge on any atom is -0.320 e. The van der Waals surface area contributed by atoms with Crippen LogP contribution in [0, 0.1) is 0 Å². The summed E-state index contributed by atoms with van der Waals surface area (Å²) in [7, 11) is 0. The molecule has 0 amide bonds. The van der Waals surface area contributed by atoms with E-state index in [9.17, 15) is 0 Å². The normalized spacial score (nSPS) is 11.9. The van der Waals surface area contributed by atoms with Crippen LogP contribution in [0.4, 0.5) is 0 Å². The Morgan fingerprint density at radius 2 is 1.72 bits per heavy atom. The Kier molecular flexibility index (Phi) is 3.96. The number of hydrogen-bond donors (Lipinski definition) is 1. The highest BCUT2D eigenvalue weighted by Gasteiger charge is 2.20. The molecule has 0 aliphatic heterocycles. The topological polar surface area (TPSA) is 56.7 Å². The minimum absolute atomic E-state index is 0.507. The SMILES string of the molecule is CC(C)(N)c1cn(-c2c(Br)cc(Br)cc2Br)nn1. The van der Waals surface area contributed by atoms with E-state index in [-0.39, 0.29) is 0 Å². The molecule has 0 fully saturated rings. The summed E-state index contributed by atoms with van der Waals surface area (Å²) in [5, 5.41) is 8.22. The first-order valence-electron chi connectivity index (χ1n) is 5.15. The van der Waals surface area contributed by atoms with Gasteiger partial charge in [0.25, 0.3) is 0 Å². The number of aromatic nitrogens is 3. The fraction of sp³-hybridized carbons (Fsp3) is 0.273. The monoisotopic (exact) mass is 436 g/mol. The van der Waals surface area contributed by atoms with E-state index in [1.807, 2.05) is 32.2 Å². The molecule has 0 saturated heterocycles. The van der Waals surface area contributed by atoms with Crippen LogP contribution in [0.5, 0.6) is 0 Å². The molecule has 1 aromatic heterocycles. The van der Waals surface area contributed by atoms with Crippen LogP contribution in [0.1, 0.15) is 19.5 Å². The van der Waals surface area contributed by atoms with Crippen LogP contribution in [0.2, 0.25) is 0 Å². The van der Waals surface area contributed by atoms with Crippen LogP contribution in [0.3, 0.4) is 0 Å². The van der Waals surface area contributed by atoms with Crippen molar-refractivity contribution >= 4 is 47.8 Å². The van der Waals surface area contributed by atoms with Gasteiger partial charge in [-0.1, -0.05) is 21.1 Å². The van der Waals surface area contributed by atoms with E-state index in [1.54, 1.807) is 4.68 Å².